The maximum atomic E-state index is 4.30. The summed E-state index contributed by atoms with van der Waals surface area (Å²) in [6, 6.07) is 7.92. The van der Waals surface area contributed by atoms with Crippen LogP contribution in [0, 0.1) is 0 Å². The molecule has 0 saturated heterocycles. The number of imidazole rings is 1. The second-order valence-electron chi connectivity index (χ2n) is 2.78. The van der Waals surface area contributed by atoms with Crippen molar-refractivity contribution in [3.05, 3.63) is 36.7 Å². The minimum Gasteiger partial charge on any atom is -0.281 e. The molecule has 2 heterocycles. The minimum absolute atomic E-state index is 0.642. The van der Waals surface area contributed by atoms with Crippen molar-refractivity contribution in [1.82, 2.24) is 19.6 Å². The highest BCUT2D eigenvalue weighted by Gasteiger charge is 2.02. The van der Waals surface area contributed by atoms with Gasteiger partial charge in [0.1, 0.15) is 0 Å². The Morgan fingerprint density at radius 2 is 2.08 bits per heavy atom. The van der Waals surface area contributed by atoms with Gasteiger partial charge in [0.05, 0.1) is 17.2 Å². The Labute approximate surface area is 73.9 Å². The third-order valence-electron chi connectivity index (χ3n) is 2.01. The van der Waals surface area contributed by atoms with Gasteiger partial charge < -0.3 is 0 Å². The van der Waals surface area contributed by atoms with E-state index >= 15 is 0 Å². The molecule has 0 bridgehead atoms. The van der Waals surface area contributed by atoms with E-state index in [4.69, 9.17) is 0 Å². The molecule has 0 aliphatic rings. The van der Waals surface area contributed by atoms with Crippen LogP contribution in [0.4, 0.5) is 0 Å². The van der Waals surface area contributed by atoms with Crippen molar-refractivity contribution in [3.8, 4) is 0 Å². The molecule has 0 radical (unpaired) electrons. The van der Waals surface area contributed by atoms with Crippen LogP contribution in [-0.2, 0) is 0 Å². The van der Waals surface area contributed by atoms with Gasteiger partial charge in [0.15, 0.2) is 0 Å². The highest BCUT2D eigenvalue weighted by molar-refractivity contribution is 5.78. The quantitative estimate of drug-likeness (QED) is 0.510. The zero-order valence-corrected chi connectivity index (χ0v) is 6.75. The van der Waals surface area contributed by atoms with Crippen LogP contribution in [0.15, 0.2) is 36.7 Å². The summed E-state index contributed by atoms with van der Waals surface area (Å²) in [5, 5.41) is 7.70. The molecule has 0 amide bonds. The Hall–Kier alpha value is -1.97. The van der Waals surface area contributed by atoms with Gasteiger partial charge in [0.25, 0.3) is 5.78 Å². The zero-order valence-electron chi connectivity index (χ0n) is 6.75. The van der Waals surface area contributed by atoms with Crippen LogP contribution in [0.1, 0.15) is 0 Å². The summed E-state index contributed by atoms with van der Waals surface area (Å²) in [5.41, 5.74) is 2.01. The van der Waals surface area contributed by atoms with Crippen LogP contribution in [0.3, 0.4) is 0 Å². The first-order valence-electron chi connectivity index (χ1n) is 4.00. The Morgan fingerprint density at radius 1 is 1.15 bits per heavy atom. The molecule has 4 heteroatoms. The topological polar surface area (TPSA) is 43.1 Å². The largest absolute Gasteiger partial charge is 0.281 e. The van der Waals surface area contributed by atoms with E-state index in [1.54, 1.807) is 6.20 Å². The predicted octanol–water partition coefficient (Wildman–Crippen LogP) is 1.28. The Kier molecular flexibility index (Phi) is 1.14. The molecule has 3 rings (SSSR count). The minimum atomic E-state index is 0.642. The highest BCUT2D eigenvalue weighted by Crippen LogP contribution is 2.12. The van der Waals surface area contributed by atoms with E-state index in [2.05, 4.69) is 15.2 Å². The lowest BCUT2D eigenvalue weighted by atomic mass is 10.3. The number of aromatic nitrogens is 4. The number of benzene rings is 1. The Bertz CT molecular complexity index is 519. The second-order valence-corrected chi connectivity index (χ2v) is 2.78. The molecular weight excluding hydrogens is 164 g/mol. The number of hydrogen-bond donors (Lipinski definition) is 0. The van der Waals surface area contributed by atoms with Crippen LogP contribution in [0.5, 0.6) is 0 Å². The van der Waals surface area contributed by atoms with Crippen molar-refractivity contribution >= 4 is 16.8 Å². The average molecular weight is 170 g/mol. The van der Waals surface area contributed by atoms with Gasteiger partial charge in [0, 0.05) is 6.20 Å². The van der Waals surface area contributed by atoms with Crippen LogP contribution >= 0.6 is 0 Å². The maximum absolute atomic E-state index is 4.30. The first-order valence-corrected chi connectivity index (χ1v) is 4.00. The molecule has 2 aromatic heterocycles. The highest BCUT2D eigenvalue weighted by atomic mass is 15.2. The van der Waals surface area contributed by atoms with Crippen molar-refractivity contribution in [2.75, 3.05) is 0 Å². The van der Waals surface area contributed by atoms with Crippen molar-refractivity contribution in [1.29, 1.82) is 0 Å². The van der Waals surface area contributed by atoms with Crippen LogP contribution in [0.2, 0.25) is 0 Å². The van der Waals surface area contributed by atoms with Crippen molar-refractivity contribution in [2.24, 2.45) is 0 Å². The van der Waals surface area contributed by atoms with Crippen molar-refractivity contribution in [2.45, 2.75) is 0 Å². The number of rotatable bonds is 0. The number of hydrogen-bond acceptors (Lipinski definition) is 3. The van der Waals surface area contributed by atoms with Crippen molar-refractivity contribution in [3.63, 3.8) is 0 Å². The molecule has 0 saturated carbocycles. The second kappa shape index (κ2) is 2.26. The SMILES string of the molecule is c1ccc2c(c1)nc1nnccn12. The molecule has 0 spiro atoms. The third-order valence-corrected chi connectivity index (χ3v) is 2.01. The lowest BCUT2D eigenvalue weighted by Crippen LogP contribution is -1.88. The van der Waals surface area contributed by atoms with Gasteiger partial charge in [-0.25, -0.2) is 4.98 Å². The molecule has 3 aromatic rings. The Morgan fingerprint density at radius 3 is 3.08 bits per heavy atom. The van der Waals surface area contributed by atoms with E-state index in [1.807, 2.05) is 34.9 Å². The predicted molar refractivity (Wildman–Crippen MR) is 48.3 cm³/mol. The summed E-state index contributed by atoms with van der Waals surface area (Å²) >= 11 is 0. The lowest BCUT2D eigenvalue weighted by Gasteiger charge is -1.90. The number of para-hydroxylation sites is 2. The van der Waals surface area contributed by atoms with Crippen LogP contribution in [0.25, 0.3) is 16.8 Å². The fourth-order valence-corrected chi connectivity index (χ4v) is 1.43. The molecule has 0 unspecified atom stereocenters. The summed E-state index contributed by atoms with van der Waals surface area (Å²) in [7, 11) is 0. The number of fused-ring (bicyclic) bond motifs is 3. The maximum Gasteiger partial charge on any atom is 0.254 e. The fourth-order valence-electron chi connectivity index (χ4n) is 1.43. The molecule has 13 heavy (non-hydrogen) atoms. The molecule has 0 aliphatic heterocycles. The van der Waals surface area contributed by atoms with E-state index in [-0.39, 0.29) is 0 Å². The van der Waals surface area contributed by atoms with Gasteiger partial charge in [-0.05, 0) is 12.1 Å². The first-order chi connectivity index (χ1) is 6.45. The van der Waals surface area contributed by atoms with Gasteiger partial charge in [-0.15, -0.1) is 5.10 Å². The van der Waals surface area contributed by atoms with Crippen LogP contribution < -0.4 is 0 Å². The normalized spacial score (nSPS) is 11.1. The van der Waals surface area contributed by atoms with E-state index in [9.17, 15) is 0 Å². The molecule has 0 atom stereocenters. The molecular formula is C9H6N4. The van der Waals surface area contributed by atoms with Gasteiger partial charge in [-0.3, -0.25) is 4.40 Å². The van der Waals surface area contributed by atoms with E-state index in [0.717, 1.165) is 11.0 Å². The average Bonchev–Trinajstić information content (AvgIpc) is 2.56. The first kappa shape index (κ1) is 6.54. The standard InChI is InChI=1S/C9H6N4/c1-2-4-8-7(3-1)11-9-12-10-5-6-13(8)9/h1-6H. The summed E-state index contributed by atoms with van der Waals surface area (Å²) < 4.78 is 1.92. The molecule has 0 aliphatic carbocycles. The van der Waals surface area contributed by atoms with E-state index in [1.165, 1.54) is 0 Å². The fraction of sp³-hybridized carbons (Fsp3) is 0. The smallest absolute Gasteiger partial charge is 0.254 e. The van der Waals surface area contributed by atoms with Gasteiger partial charge >= 0.3 is 0 Å². The van der Waals surface area contributed by atoms with Crippen LogP contribution in [-0.4, -0.2) is 19.6 Å². The molecule has 62 valence electrons. The number of nitrogens with zero attached hydrogens (tertiary/aromatic N) is 4. The van der Waals surface area contributed by atoms with E-state index in [0.29, 0.717) is 5.78 Å². The van der Waals surface area contributed by atoms with Gasteiger partial charge in [-0.2, -0.15) is 5.10 Å². The van der Waals surface area contributed by atoms with Gasteiger partial charge in [-0.1, -0.05) is 12.1 Å². The third kappa shape index (κ3) is 0.823. The lowest BCUT2D eigenvalue weighted by molar-refractivity contribution is 0.976. The zero-order chi connectivity index (χ0) is 8.67. The summed E-state index contributed by atoms with van der Waals surface area (Å²) in [6.45, 7) is 0. The summed E-state index contributed by atoms with van der Waals surface area (Å²) in [5.74, 6) is 0.642. The monoisotopic (exact) mass is 170 g/mol. The molecule has 1 aromatic carbocycles. The molecule has 4 nitrogen and oxygen atoms in total. The molecule has 0 N–H and O–H groups in total. The Balaban J connectivity index is 2.64. The summed E-state index contributed by atoms with van der Waals surface area (Å²) in [6.07, 6.45) is 3.51. The van der Waals surface area contributed by atoms with E-state index < -0.39 is 0 Å². The molecule has 0 fully saturated rings. The summed E-state index contributed by atoms with van der Waals surface area (Å²) in [4.78, 5) is 4.30. The van der Waals surface area contributed by atoms with Crippen molar-refractivity contribution < 1.29 is 0 Å². The van der Waals surface area contributed by atoms with Gasteiger partial charge in [0.2, 0.25) is 0 Å².